The summed E-state index contributed by atoms with van der Waals surface area (Å²) in [5, 5.41) is 11.8. The van der Waals surface area contributed by atoms with Gasteiger partial charge in [-0.2, -0.15) is 15.2 Å². The third kappa shape index (κ3) is 2.07. The molecule has 3 heterocycles. The maximum Gasteiger partial charge on any atom is 0.338 e. The van der Waals surface area contributed by atoms with Crippen LogP contribution >= 0.6 is 0 Å². The van der Waals surface area contributed by atoms with E-state index >= 15 is 0 Å². The highest BCUT2D eigenvalue weighted by molar-refractivity contribution is 5.92. The van der Waals surface area contributed by atoms with E-state index in [1.165, 1.54) is 13.4 Å². The Morgan fingerprint density at radius 3 is 2.86 bits per heavy atom. The topological polar surface area (TPSA) is 86.9 Å². The van der Waals surface area contributed by atoms with E-state index in [0.29, 0.717) is 17.9 Å². The number of nitrogens with zero attached hydrogens (tertiary/aromatic N) is 5. The molecule has 116 valence electrons. The summed E-state index contributed by atoms with van der Waals surface area (Å²) in [4.78, 5) is 16.6. The Hall–Kier alpha value is -2.64. The smallest absolute Gasteiger partial charge is 0.338 e. The molecule has 1 aliphatic rings. The lowest BCUT2D eigenvalue weighted by atomic mass is 9.98. The molecule has 0 saturated heterocycles. The zero-order valence-electron chi connectivity index (χ0n) is 13.0. The molecular weight excluding hydrogens is 284 g/mol. The van der Waals surface area contributed by atoms with E-state index in [1.807, 2.05) is 27.0 Å². The molecule has 0 fully saturated rings. The predicted molar refractivity (Wildman–Crippen MR) is 79.1 cm³/mol. The molecule has 0 spiro atoms. The van der Waals surface area contributed by atoms with E-state index in [0.717, 1.165) is 17.1 Å². The van der Waals surface area contributed by atoms with Crippen molar-refractivity contribution in [3.63, 3.8) is 0 Å². The molecule has 3 rings (SSSR count). The fraction of sp³-hybridized carbons (Fsp3) is 0.429. The molecule has 1 N–H and O–H groups in total. The van der Waals surface area contributed by atoms with Gasteiger partial charge in [0.25, 0.3) is 0 Å². The Bertz CT molecular complexity index is 757. The fourth-order valence-electron chi connectivity index (χ4n) is 2.80. The van der Waals surface area contributed by atoms with Crippen molar-refractivity contribution in [2.75, 3.05) is 12.4 Å². The van der Waals surface area contributed by atoms with Crippen LogP contribution in [-0.4, -0.2) is 37.6 Å². The number of methoxy groups -OCH3 is 1. The molecule has 0 radical (unpaired) electrons. The third-order valence-electron chi connectivity index (χ3n) is 3.76. The molecule has 2 aromatic heterocycles. The Kier molecular flexibility index (Phi) is 3.44. The van der Waals surface area contributed by atoms with Crippen LogP contribution in [0, 0.1) is 6.92 Å². The van der Waals surface area contributed by atoms with Crippen molar-refractivity contribution in [1.29, 1.82) is 0 Å². The van der Waals surface area contributed by atoms with Crippen molar-refractivity contribution in [2.24, 2.45) is 7.05 Å². The summed E-state index contributed by atoms with van der Waals surface area (Å²) in [6.45, 7) is 3.89. The number of rotatable bonds is 3. The molecule has 0 aliphatic carbocycles. The number of aromatic nitrogens is 5. The number of fused-ring (bicyclic) bond motifs is 1. The number of aryl methyl sites for hydroxylation is 2. The van der Waals surface area contributed by atoms with Crippen molar-refractivity contribution in [3.8, 4) is 0 Å². The van der Waals surface area contributed by atoms with Gasteiger partial charge in [0.2, 0.25) is 5.95 Å². The first-order valence-electron chi connectivity index (χ1n) is 7.05. The molecular formula is C14H18N6O2. The highest BCUT2D eigenvalue weighted by atomic mass is 16.5. The molecule has 0 bridgehead atoms. The van der Waals surface area contributed by atoms with Gasteiger partial charge in [-0.05, 0) is 19.4 Å². The van der Waals surface area contributed by atoms with E-state index < -0.39 is 6.04 Å². The van der Waals surface area contributed by atoms with Crippen LogP contribution in [0.5, 0.6) is 0 Å². The summed E-state index contributed by atoms with van der Waals surface area (Å²) < 4.78 is 8.42. The van der Waals surface area contributed by atoms with Gasteiger partial charge in [-0.1, -0.05) is 6.92 Å². The Labute approximate surface area is 127 Å². The van der Waals surface area contributed by atoms with Crippen LogP contribution in [0.3, 0.4) is 0 Å². The van der Waals surface area contributed by atoms with Crippen molar-refractivity contribution in [1.82, 2.24) is 24.5 Å². The molecule has 0 saturated carbocycles. The first-order valence-corrected chi connectivity index (χ1v) is 7.05. The van der Waals surface area contributed by atoms with E-state index in [1.54, 1.807) is 9.36 Å². The largest absolute Gasteiger partial charge is 0.466 e. The highest BCUT2D eigenvalue weighted by Crippen LogP contribution is 2.36. The van der Waals surface area contributed by atoms with Gasteiger partial charge in [-0.3, -0.25) is 4.68 Å². The Morgan fingerprint density at radius 2 is 2.27 bits per heavy atom. The van der Waals surface area contributed by atoms with Gasteiger partial charge in [-0.15, -0.1) is 0 Å². The standard InChI is InChI=1S/C14H18N6O2/c1-5-9-11(13(21)22-4)12(10-6-8(2)18-19(10)3)20-14(17-9)15-7-16-20/h6-7,12H,5H2,1-4H3,(H,15,16,17). The number of esters is 1. The molecule has 1 unspecified atom stereocenters. The summed E-state index contributed by atoms with van der Waals surface area (Å²) in [5.74, 6) is 0.225. The molecule has 0 amide bonds. The highest BCUT2D eigenvalue weighted by Gasteiger charge is 2.36. The van der Waals surface area contributed by atoms with Gasteiger partial charge in [0.15, 0.2) is 0 Å². The number of hydrogen-bond donors (Lipinski definition) is 1. The van der Waals surface area contributed by atoms with Crippen molar-refractivity contribution in [2.45, 2.75) is 26.3 Å². The quantitative estimate of drug-likeness (QED) is 0.857. The van der Waals surface area contributed by atoms with Crippen LogP contribution in [0.4, 0.5) is 5.95 Å². The van der Waals surface area contributed by atoms with Gasteiger partial charge >= 0.3 is 5.97 Å². The second-order valence-corrected chi connectivity index (χ2v) is 5.13. The van der Waals surface area contributed by atoms with E-state index in [-0.39, 0.29) is 5.97 Å². The third-order valence-corrected chi connectivity index (χ3v) is 3.76. The number of anilines is 1. The number of nitrogens with one attached hydrogen (secondary N) is 1. The van der Waals surface area contributed by atoms with Gasteiger partial charge in [0.1, 0.15) is 12.4 Å². The van der Waals surface area contributed by atoms with Gasteiger partial charge in [0.05, 0.1) is 24.1 Å². The van der Waals surface area contributed by atoms with Crippen LogP contribution in [0.2, 0.25) is 0 Å². The minimum atomic E-state index is -0.410. The normalized spacial score (nSPS) is 17.2. The Morgan fingerprint density at radius 1 is 1.50 bits per heavy atom. The zero-order valence-corrected chi connectivity index (χ0v) is 13.0. The molecule has 0 aromatic carbocycles. The van der Waals surface area contributed by atoms with Crippen LogP contribution in [-0.2, 0) is 16.6 Å². The van der Waals surface area contributed by atoms with E-state index in [9.17, 15) is 4.79 Å². The van der Waals surface area contributed by atoms with Crippen LogP contribution < -0.4 is 5.32 Å². The SMILES string of the molecule is CCC1=C(C(=O)OC)C(c2cc(C)nn2C)n2ncnc2N1. The summed E-state index contributed by atoms with van der Waals surface area (Å²) in [6, 6.07) is 1.53. The maximum atomic E-state index is 12.4. The van der Waals surface area contributed by atoms with Crippen molar-refractivity contribution in [3.05, 3.63) is 35.1 Å². The molecule has 1 atom stereocenters. The minimum Gasteiger partial charge on any atom is -0.466 e. The molecule has 1 aliphatic heterocycles. The lowest BCUT2D eigenvalue weighted by Crippen LogP contribution is -2.31. The summed E-state index contributed by atoms with van der Waals surface area (Å²) in [6.07, 6.45) is 2.12. The second kappa shape index (κ2) is 5.28. The molecule has 8 heteroatoms. The van der Waals surface area contributed by atoms with Crippen LogP contribution in [0.1, 0.15) is 30.8 Å². The lowest BCUT2D eigenvalue weighted by molar-refractivity contribution is -0.136. The number of ether oxygens (including phenoxy) is 1. The summed E-state index contributed by atoms with van der Waals surface area (Å²) >= 11 is 0. The number of allylic oxidation sites excluding steroid dienone is 1. The summed E-state index contributed by atoms with van der Waals surface area (Å²) in [5.41, 5.74) is 3.05. The Balaban J connectivity index is 2.24. The van der Waals surface area contributed by atoms with Gasteiger partial charge in [0, 0.05) is 12.7 Å². The number of carbonyl (C=O) groups is 1. The fourth-order valence-corrected chi connectivity index (χ4v) is 2.80. The minimum absolute atomic E-state index is 0.380. The monoisotopic (exact) mass is 302 g/mol. The van der Waals surface area contributed by atoms with E-state index in [2.05, 4.69) is 20.5 Å². The van der Waals surface area contributed by atoms with Gasteiger partial charge in [-0.25, -0.2) is 9.48 Å². The molecule has 2 aromatic rings. The average molecular weight is 302 g/mol. The average Bonchev–Trinajstić information content (AvgIpc) is 3.10. The lowest BCUT2D eigenvalue weighted by Gasteiger charge is -2.28. The summed E-state index contributed by atoms with van der Waals surface area (Å²) in [7, 11) is 3.23. The second-order valence-electron chi connectivity index (χ2n) is 5.13. The number of carbonyl (C=O) groups excluding carboxylic acids is 1. The molecule has 22 heavy (non-hydrogen) atoms. The first kappa shape index (κ1) is 14.3. The zero-order chi connectivity index (χ0) is 15.9. The maximum absolute atomic E-state index is 12.4. The van der Waals surface area contributed by atoms with Gasteiger partial charge < -0.3 is 10.1 Å². The molecule has 8 nitrogen and oxygen atoms in total. The van der Waals surface area contributed by atoms with Crippen molar-refractivity contribution < 1.29 is 9.53 Å². The predicted octanol–water partition coefficient (Wildman–Crippen LogP) is 1.17. The van der Waals surface area contributed by atoms with E-state index in [4.69, 9.17) is 4.74 Å². The van der Waals surface area contributed by atoms with Crippen LogP contribution in [0.15, 0.2) is 23.7 Å². The van der Waals surface area contributed by atoms with Crippen molar-refractivity contribution >= 4 is 11.9 Å². The first-order chi connectivity index (χ1) is 10.6. The number of hydrogen-bond acceptors (Lipinski definition) is 6. The van der Waals surface area contributed by atoms with Crippen LogP contribution in [0.25, 0.3) is 0 Å².